The van der Waals surface area contributed by atoms with Crippen molar-refractivity contribution in [2.24, 2.45) is 5.92 Å². The minimum Gasteiger partial charge on any atom is -0.378 e. The van der Waals surface area contributed by atoms with Gasteiger partial charge in [0.25, 0.3) is 5.91 Å². The van der Waals surface area contributed by atoms with Crippen LogP contribution in [0.5, 0.6) is 0 Å². The molecule has 1 aromatic heterocycles. The van der Waals surface area contributed by atoms with Gasteiger partial charge in [-0.1, -0.05) is 12.8 Å². The third kappa shape index (κ3) is 4.96. The highest BCUT2D eigenvalue weighted by Crippen LogP contribution is 2.26. The molecule has 172 valence electrons. The van der Waals surface area contributed by atoms with Crippen molar-refractivity contribution in [1.82, 2.24) is 19.1 Å². The largest absolute Gasteiger partial charge is 0.378 e. The molecule has 4 heterocycles. The number of sulfonamides is 1. The van der Waals surface area contributed by atoms with Crippen LogP contribution in [0, 0.1) is 5.92 Å². The summed E-state index contributed by atoms with van der Waals surface area (Å²) < 4.78 is 33.2. The van der Waals surface area contributed by atoms with Crippen molar-refractivity contribution < 1.29 is 22.7 Å². The Balaban J connectivity index is 1.44. The Hall–Kier alpha value is -1.91. The molecule has 0 radical (unpaired) electrons. The van der Waals surface area contributed by atoms with Crippen LogP contribution >= 0.6 is 0 Å². The number of nitrogens with one attached hydrogen (secondary N) is 1. The molecule has 0 aromatic carbocycles. The molecule has 10 heteroatoms. The van der Waals surface area contributed by atoms with Gasteiger partial charge in [0.1, 0.15) is 10.6 Å². The molecule has 1 unspecified atom stereocenters. The van der Waals surface area contributed by atoms with Crippen molar-refractivity contribution in [3.8, 4) is 0 Å². The first-order chi connectivity index (χ1) is 15.0. The van der Waals surface area contributed by atoms with E-state index in [9.17, 15) is 18.0 Å². The highest BCUT2D eigenvalue weighted by atomic mass is 32.2. The number of hydrogen-bond acceptors (Lipinski definition) is 5. The van der Waals surface area contributed by atoms with E-state index in [1.165, 1.54) is 16.6 Å². The van der Waals surface area contributed by atoms with E-state index in [4.69, 9.17) is 4.74 Å². The summed E-state index contributed by atoms with van der Waals surface area (Å²) in [5, 5.41) is 0. The summed E-state index contributed by atoms with van der Waals surface area (Å²) in [6, 6.07) is 1.44. The van der Waals surface area contributed by atoms with Crippen molar-refractivity contribution in [3.05, 3.63) is 18.0 Å². The van der Waals surface area contributed by atoms with E-state index in [-0.39, 0.29) is 29.2 Å². The van der Waals surface area contributed by atoms with Crippen molar-refractivity contribution in [3.63, 3.8) is 0 Å². The molecule has 3 aliphatic rings. The number of likely N-dealkylation sites (tertiary alicyclic amines) is 1. The third-order valence-corrected chi connectivity index (χ3v) is 8.32. The van der Waals surface area contributed by atoms with Crippen LogP contribution < -0.4 is 0 Å². The Morgan fingerprint density at radius 2 is 1.65 bits per heavy atom. The predicted octanol–water partition coefficient (Wildman–Crippen LogP) is 1.29. The average molecular weight is 453 g/mol. The molecule has 0 bridgehead atoms. The topological polar surface area (TPSA) is 103 Å². The zero-order chi connectivity index (χ0) is 21.8. The van der Waals surface area contributed by atoms with Crippen LogP contribution in [0.25, 0.3) is 0 Å². The maximum Gasteiger partial charge on any atom is 0.270 e. The summed E-state index contributed by atoms with van der Waals surface area (Å²) in [5.41, 5.74) is 0.304. The van der Waals surface area contributed by atoms with Gasteiger partial charge in [0.05, 0.1) is 19.1 Å². The third-order valence-electron chi connectivity index (χ3n) is 6.47. The number of ether oxygens (including phenoxy) is 1. The number of H-pyrrole nitrogens is 1. The first-order valence-electron chi connectivity index (χ1n) is 11.3. The molecule has 31 heavy (non-hydrogen) atoms. The first kappa shape index (κ1) is 22.3. The number of morpholine rings is 1. The highest BCUT2D eigenvalue weighted by molar-refractivity contribution is 7.89. The lowest BCUT2D eigenvalue weighted by Crippen LogP contribution is -2.49. The van der Waals surface area contributed by atoms with E-state index in [1.54, 1.807) is 9.80 Å². The lowest BCUT2D eigenvalue weighted by molar-refractivity contribution is -0.140. The number of amides is 2. The Labute approximate surface area is 183 Å². The van der Waals surface area contributed by atoms with Crippen LogP contribution in [-0.4, -0.2) is 91.8 Å². The van der Waals surface area contributed by atoms with E-state index in [1.807, 2.05) is 0 Å². The van der Waals surface area contributed by atoms with Gasteiger partial charge in [-0.3, -0.25) is 9.59 Å². The Morgan fingerprint density at radius 3 is 2.35 bits per heavy atom. The summed E-state index contributed by atoms with van der Waals surface area (Å²) in [7, 11) is -3.77. The number of hydrogen-bond donors (Lipinski definition) is 1. The number of rotatable bonds is 4. The van der Waals surface area contributed by atoms with Gasteiger partial charge in [-0.05, 0) is 31.7 Å². The maximum atomic E-state index is 13.2. The zero-order valence-electron chi connectivity index (χ0n) is 17.9. The van der Waals surface area contributed by atoms with Crippen LogP contribution in [0.4, 0.5) is 0 Å². The Bertz CT molecular complexity index is 885. The lowest BCUT2D eigenvalue weighted by atomic mass is 9.98. The number of nitrogens with zero attached hydrogens (tertiary/aromatic N) is 3. The number of carbonyl (C=O) groups excluding carboxylic acids is 2. The smallest absolute Gasteiger partial charge is 0.270 e. The molecule has 3 fully saturated rings. The minimum atomic E-state index is -3.77. The van der Waals surface area contributed by atoms with Gasteiger partial charge in [0.15, 0.2) is 0 Å². The maximum absolute atomic E-state index is 13.2. The molecule has 0 aliphatic carbocycles. The second-order valence-electron chi connectivity index (χ2n) is 8.60. The van der Waals surface area contributed by atoms with E-state index >= 15 is 0 Å². The normalized spacial score (nSPS) is 24.1. The summed E-state index contributed by atoms with van der Waals surface area (Å²) in [6.07, 6.45) is 6.92. The molecule has 3 aliphatic heterocycles. The van der Waals surface area contributed by atoms with E-state index in [2.05, 4.69) is 4.98 Å². The molecule has 1 N–H and O–H groups in total. The van der Waals surface area contributed by atoms with Crippen molar-refractivity contribution in [1.29, 1.82) is 0 Å². The molecular formula is C21H32N4O5S. The van der Waals surface area contributed by atoms with Gasteiger partial charge < -0.3 is 19.5 Å². The van der Waals surface area contributed by atoms with Crippen molar-refractivity contribution >= 4 is 21.8 Å². The number of piperidine rings is 1. The lowest BCUT2D eigenvalue weighted by Gasteiger charge is -2.35. The molecule has 4 rings (SSSR count). The van der Waals surface area contributed by atoms with Crippen LogP contribution in [0.1, 0.15) is 49.0 Å². The fraction of sp³-hybridized carbons (Fsp3) is 0.714. The second kappa shape index (κ2) is 9.70. The van der Waals surface area contributed by atoms with Crippen LogP contribution in [0.2, 0.25) is 0 Å². The standard InChI is InChI=1S/C21H32N4O5S/c26-20(24-10-12-30-13-11-24)17-6-5-9-25(16-17)31(28,29)18-14-19(22-15-18)21(27)23-7-3-1-2-4-8-23/h14-15,17,22H,1-13,16H2. The monoisotopic (exact) mass is 452 g/mol. The summed E-state index contributed by atoms with van der Waals surface area (Å²) in [5.74, 6) is -0.476. The molecule has 9 nitrogen and oxygen atoms in total. The van der Waals surface area contributed by atoms with Crippen LogP contribution in [-0.2, 0) is 19.6 Å². The number of carbonyl (C=O) groups is 2. The predicted molar refractivity (Wildman–Crippen MR) is 114 cm³/mol. The highest BCUT2D eigenvalue weighted by Gasteiger charge is 2.36. The zero-order valence-corrected chi connectivity index (χ0v) is 18.7. The molecule has 1 atom stereocenters. The van der Waals surface area contributed by atoms with E-state index in [0.29, 0.717) is 64.5 Å². The van der Waals surface area contributed by atoms with Crippen molar-refractivity contribution in [2.75, 3.05) is 52.5 Å². The quantitative estimate of drug-likeness (QED) is 0.742. The number of aromatic amines is 1. The molecule has 0 spiro atoms. The average Bonchev–Trinajstić information content (AvgIpc) is 3.16. The minimum absolute atomic E-state index is 0.00861. The van der Waals surface area contributed by atoms with Gasteiger partial charge in [0.2, 0.25) is 15.9 Å². The van der Waals surface area contributed by atoms with Gasteiger partial charge in [0, 0.05) is 45.5 Å². The first-order valence-corrected chi connectivity index (χ1v) is 12.8. The van der Waals surface area contributed by atoms with E-state index < -0.39 is 10.0 Å². The molecule has 3 saturated heterocycles. The Kier molecular flexibility index (Phi) is 6.98. The summed E-state index contributed by atoms with van der Waals surface area (Å²) in [6.45, 7) is 4.14. The van der Waals surface area contributed by atoms with Gasteiger partial charge in [-0.2, -0.15) is 4.31 Å². The number of aromatic nitrogens is 1. The molecule has 0 saturated carbocycles. The molecule has 1 aromatic rings. The van der Waals surface area contributed by atoms with Gasteiger partial charge in [-0.15, -0.1) is 0 Å². The van der Waals surface area contributed by atoms with Crippen molar-refractivity contribution in [2.45, 2.75) is 43.4 Å². The fourth-order valence-electron chi connectivity index (χ4n) is 4.64. The molecular weight excluding hydrogens is 420 g/mol. The second-order valence-corrected chi connectivity index (χ2v) is 10.5. The SMILES string of the molecule is O=C(c1cc(S(=O)(=O)N2CCCC(C(=O)N3CCOCC3)C2)c[nH]1)N1CCCCCC1. The van der Waals surface area contributed by atoms with Gasteiger partial charge >= 0.3 is 0 Å². The Morgan fingerprint density at radius 1 is 0.935 bits per heavy atom. The van der Waals surface area contributed by atoms with Gasteiger partial charge in [-0.25, -0.2) is 8.42 Å². The fourth-order valence-corrected chi connectivity index (χ4v) is 6.16. The van der Waals surface area contributed by atoms with Crippen LogP contribution in [0.15, 0.2) is 17.2 Å². The summed E-state index contributed by atoms with van der Waals surface area (Å²) >= 11 is 0. The molecule has 2 amide bonds. The van der Waals surface area contributed by atoms with E-state index in [0.717, 1.165) is 25.7 Å². The van der Waals surface area contributed by atoms with Crippen LogP contribution in [0.3, 0.4) is 0 Å². The summed E-state index contributed by atoms with van der Waals surface area (Å²) in [4.78, 5) is 32.2.